The topological polar surface area (TPSA) is 61.4 Å². The van der Waals surface area contributed by atoms with Crippen LogP contribution in [-0.2, 0) is 0 Å². The number of rotatable bonds is 3. The Morgan fingerprint density at radius 1 is 1.25 bits per heavy atom. The Bertz CT molecular complexity index is 628. The van der Waals surface area contributed by atoms with Crippen molar-refractivity contribution in [2.45, 2.75) is 12.0 Å². The molecule has 0 spiro atoms. The molecule has 1 aliphatic rings. The first-order valence-corrected chi connectivity index (χ1v) is 6.87. The summed E-state index contributed by atoms with van der Waals surface area (Å²) < 4.78 is 0. The summed E-state index contributed by atoms with van der Waals surface area (Å²) in [6, 6.07) is 13.5. The smallest absolute Gasteiger partial charge is 0.252 e. The Balaban J connectivity index is 1.79. The lowest BCUT2D eigenvalue weighted by atomic mass is 10.0. The summed E-state index contributed by atoms with van der Waals surface area (Å²) in [6.07, 6.45) is 0.669. The van der Waals surface area contributed by atoms with Gasteiger partial charge in [-0.2, -0.15) is 0 Å². The summed E-state index contributed by atoms with van der Waals surface area (Å²) in [5.74, 6) is -0.137. The molecule has 1 fully saturated rings. The normalized spacial score (nSPS) is 22.1. The molecule has 4 heteroatoms. The van der Waals surface area contributed by atoms with Gasteiger partial charge in [0.1, 0.15) is 0 Å². The molecule has 0 aromatic heterocycles. The predicted molar refractivity (Wildman–Crippen MR) is 78.7 cm³/mol. The Hall–Kier alpha value is -1.91. The molecular formula is C16H18N2O2. The second-order valence-electron chi connectivity index (χ2n) is 5.36. The van der Waals surface area contributed by atoms with Gasteiger partial charge in [0.2, 0.25) is 0 Å². The number of hydrogen-bond donors (Lipinski definition) is 3. The van der Waals surface area contributed by atoms with Crippen molar-refractivity contribution >= 4 is 16.7 Å². The fourth-order valence-corrected chi connectivity index (χ4v) is 2.64. The molecule has 0 aliphatic carbocycles. The van der Waals surface area contributed by atoms with Crippen LogP contribution in [0.3, 0.4) is 0 Å². The Morgan fingerprint density at radius 2 is 2.05 bits per heavy atom. The maximum atomic E-state index is 12.3. The van der Waals surface area contributed by atoms with Crippen LogP contribution in [0.5, 0.6) is 0 Å². The van der Waals surface area contributed by atoms with Crippen LogP contribution >= 0.6 is 0 Å². The lowest BCUT2D eigenvalue weighted by Crippen LogP contribution is -2.44. The van der Waals surface area contributed by atoms with E-state index in [4.69, 9.17) is 0 Å². The monoisotopic (exact) mass is 270 g/mol. The van der Waals surface area contributed by atoms with Gasteiger partial charge in [0, 0.05) is 18.7 Å². The van der Waals surface area contributed by atoms with Crippen LogP contribution in [0.1, 0.15) is 16.8 Å². The number of carbonyl (C=O) groups is 1. The second-order valence-corrected chi connectivity index (χ2v) is 5.36. The number of aliphatic hydroxyl groups is 1. The van der Waals surface area contributed by atoms with Crippen molar-refractivity contribution in [1.82, 2.24) is 10.6 Å². The lowest BCUT2D eigenvalue weighted by Gasteiger charge is -2.21. The van der Waals surface area contributed by atoms with Gasteiger partial charge in [0.25, 0.3) is 5.91 Å². The molecular weight excluding hydrogens is 252 g/mol. The van der Waals surface area contributed by atoms with E-state index in [1.807, 2.05) is 42.5 Å². The number of nitrogens with one attached hydrogen (secondary N) is 2. The third-order valence-corrected chi connectivity index (χ3v) is 3.83. The number of benzene rings is 2. The molecule has 20 heavy (non-hydrogen) atoms. The highest BCUT2D eigenvalue weighted by Gasteiger charge is 2.31. The van der Waals surface area contributed by atoms with Crippen LogP contribution in [0.2, 0.25) is 0 Å². The first-order chi connectivity index (χ1) is 9.68. The van der Waals surface area contributed by atoms with E-state index in [1.165, 1.54) is 0 Å². The van der Waals surface area contributed by atoms with Gasteiger partial charge in [-0.3, -0.25) is 4.79 Å². The molecule has 2 aromatic carbocycles. The number of hydrogen-bond acceptors (Lipinski definition) is 3. The van der Waals surface area contributed by atoms with E-state index >= 15 is 0 Å². The minimum Gasteiger partial charge on any atom is -0.387 e. The molecule has 3 rings (SSSR count). The van der Waals surface area contributed by atoms with Crippen molar-refractivity contribution in [2.75, 3.05) is 19.6 Å². The van der Waals surface area contributed by atoms with Gasteiger partial charge in [0.05, 0.1) is 5.60 Å². The maximum absolute atomic E-state index is 12.3. The van der Waals surface area contributed by atoms with E-state index in [-0.39, 0.29) is 12.5 Å². The van der Waals surface area contributed by atoms with Gasteiger partial charge in [-0.1, -0.05) is 36.4 Å². The van der Waals surface area contributed by atoms with Crippen molar-refractivity contribution in [1.29, 1.82) is 0 Å². The zero-order valence-corrected chi connectivity index (χ0v) is 11.2. The van der Waals surface area contributed by atoms with Crippen LogP contribution in [0.25, 0.3) is 10.8 Å². The zero-order chi connectivity index (χ0) is 14.0. The van der Waals surface area contributed by atoms with Crippen molar-refractivity contribution < 1.29 is 9.90 Å². The molecule has 2 aromatic rings. The van der Waals surface area contributed by atoms with Gasteiger partial charge in [-0.05, 0) is 29.8 Å². The highest BCUT2D eigenvalue weighted by atomic mass is 16.3. The average molecular weight is 270 g/mol. The highest BCUT2D eigenvalue weighted by molar-refractivity contribution is 6.07. The Kier molecular flexibility index (Phi) is 3.42. The van der Waals surface area contributed by atoms with Crippen LogP contribution in [0.15, 0.2) is 42.5 Å². The van der Waals surface area contributed by atoms with Gasteiger partial charge in [-0.25, -0.2) is 0 Å². The maximum Gasteiger partial charge on any atom is 0.252 e. The quantitative estimate of drug-likeness (QED) is 0.787. The SMILES string of the molecule is O=C(NC[C@]1(O)CCNC1)c1cccc2ccccc12. The molecule has 1 atom stereocenters. The van der Waals surface area contributed by atoms with E-state index in [1.54, 1.807) is 0 Å². The summed E-state index contributed by atoms with van der Waals surface area (Å²) in [5, 5.41) is 18.1. The highest BCUT2D eigenvalue weighted by Crippen LogP contribution is 2.19. The molecule has 3 N–H and O–H groups in total. The van der Waals surface area contributed by atoms with Crippen LogP contribution in [0, 0.1) is 0 Å². The molecule has 0 radical (unpaired) electrons. The first-order valence-electron chi connectivity index (χ1n) is 6.87. The van der Waals surface area contributed by atoms with Gasteiger partial charge < -0.3 is 15.7 Å². The lowest BCUT2D eigenvalue weighted by molar-refractivity contribution is 0.0562. The van der Waals surface area contributed by atoms with Gasteiger partial charge in [-0.15, -0.1) is 0 Å². The number of β-amino-alcohol motifs (C(OH)–C–C–N with tert-alkyl or cyclic N) is 1. The molecule has 1 heterocycles. The third kappa shape index (κ3) is 2.53. The minimum atomic E-state index is -0.819. The Morgan fingerprint density at radius 3 is 2.85 bits per heavy atom. The van der Waals surface area contributed by atoms with E-state index in [0.717, 1.165) is 17.3 Å². The molecule has 0 saturated carbocycles. The van der Waals surface area contributed by atoms with Gasteiger partial charge in [0.15, 0.2) is 0 Å². The summed E-state index contributed by atoms with van der Waals surface area (Å²) in [4.78, 5) is 12.3. The fourth-order valence-electron chi connectivity index (χ4n) is 2.64. The largest absolute Gasteiger partial charge is 0.387 e. The van der Waals surface area contributed by atoms with Crippen molar-refractivity contribution in [3.63, 3.8) is 0 Å². The van der Waals surface area contributed by atoms with E-state index in [0.29, 0.717) is 18.5 Å². The first kappa shape index (κ1) is 13.1. The van der Waals surface area contributed by atoms with Crippen LogP contribution < -0.4 is 10.6 Å². The zero-order valence-electron chi connectivity index (χ0n) is 11.2. The van der Waals surface area contributed by atoms with Gasteiger partial charge >= 0.3 is 0 Å². The number of carbonyl (C=O) groups excluding carboxylic acids is 1. The standard InChI is InChI=1S/C16H18N2O2/c19-15(18-11-16(20)8-9-17-10-16)14-7-3-5-12-4-1-2-6-13(12)14/h1-7,17,20H,8-11H2,(H,18,19)/t16-/m0/s1. The molecule has 1 aliphatic heterocycles. The molecule has 0 bridgehead atoms. The second kappa shape index (κ2) is 5.23. The summed E-state index contributed by atoms with van der Waals surface area (Å²) in [5.41, 5.74) is -0.169. The number of fused-ring (bicyclic) bond motifs is 1. The van der Waals surface area contributed by atoms with Crippen LogP contribution in [-0.4, -0.2) is 36.2 Å². The molecule has 0 unspecified atom stereocenters. The van der Waals surface area contributed by atoms with Crippen molar-refractivity contribution in [2.24, 2.45) is 0 Å². The Labute approximate surface area is 117 Å². The fraction of sp³-hybridized carbons (Fsp3) is 0.312. The van der Waals surface area contributed by atoms with Crippen molar-refractivity contribution in [3.05, 3.63) is 48.0 Å². The average Bonchev–Trinajstić information content (AvgIpc) is 2.91. The molecule has 1 amide bonds. The molecule has 1 saturated heterocycles. The summed E-state index contributed by atoms with van der Waals surface area (Å²) >= 11 is 0. The molecule has 4 nitrogen and oxygen atoms in total. The van der Waals surface area contributed by atoms with Crippen molar-refractivity contribution in [3.8, 4) is 0 Å². The minimum absolute atomic E-state index is 0.137. The third-order valence-electron chi connectivity index (χ3n) is 3.83. The van der Waals surface area contributed by atoms with E-state index in [2.05, 4.69) is 10.6 Å². The summed E-state index contributed by atoms with van der Waals surface area (Å²) in [6.45, 7) is 1.60. The summed E-state index contributed by atoms with van der Waals surface area (Å²) in [7, 11) is 0. The van der Waals surface area contributed by atoms with E-state index in [9.17, 15) is 9.90 Å². The predicted octanol–water partition coefficient (Wildman–Crippen LogP) is 1.29. The number of amides is 1. The van der Waals surface area contributed by atoms with E-state index < -0.39 is 5.60 Å². The van der Waals surface area contributed by atoms with Crippen LogP contribution in [0.4, 0.5) is 0 Å². The molecule has 104 valence electrons.